The maximum absolute atomic E-state index is 6.12. The van der Waals surface area contributed by atoms with Gasteiger partial charge in [-0.3, -0.25) is 0 Å². The number of halogens is 1. The summed E-state index contributed by atoms with van der Waals surface area (Å²) < 4.78 is 5.75. The van der Waals surface area contributed by atoms with Gasteiger partial charge in [-0.05, 0) is 37.3 Å². The van der Waals surface area contributed by atoms with Gasteiger partial charge in [0, 0.05) is 12.7 Å². The normalized spacial score (nSPS) is 16.9. The second kappa shape index (κ2) is 4.81. The molecule has 1 saturated carbocycles. The van der Waals surface area contributed by atoms with Gasteiger partial charge in [0.2, 0.25) is 5.88 Å². The van der Waals surface area contributed by atoms with Crippen molar-refractivity contribution in [2.75, 3.05) is 0 Å². The molecule has 82 valence electrons. The Morgan fingerprint density at radius 2 is 2.20 bits per heavy atom. The van der Waals surface area contributed by atoms with Gasteiger partial charge >= 0.3 is 0 Å². The van der Waals surface area contributed by atoms with Crippen LogP contribution in [-0.2, 0) is 6.54 Å². The highest BCUT2D eigenvalue weighted by Gasteiger charge is 2.19. The van der Waals surface area contributed by atoms with Crippen molar-refractivity contribution in [3.63, 3.8) is 0 Å². The molecule has 1 aromatic heterocycles. The molecule has 0 aliphatic heterocycles. The first-order chi connectivity index (χ1) is 7.31. The van der Waals surface area contributed by atoms with Gasteiger partial charge in [-0.2, -0.15) is 0 Å². The summed E-state index contributed by atoms with van der Waals surface area (Å²) in [7, 11) is 0. The molecule has 2 N–H and O–H groups in total. The predicted octanol–water partition coefficient (Wildman–Crippen LogP) is 2.52. The van der Waals surface area contributed by atoms with Crippen molar-refractivity contribution in [1.82, 2.24) is 4.98 Å². The standard InChI is InChI=1S/C11H15ClN2O/c12-10-8(7-13)5-6-14-11(10)15-9-3-1-2-4-9/h5-6,9H,1-4,7,13H2. The van der Waals surface area contributed by atoms with Gasteiger partial charge < -0.3 is 10.5 Å². The SMILES string of the molecule is NCc1ccnc(OC2CCCC2)c1Cl. The van der Waals surface area contributed by atoms with E-state index in [1.54, 1.807) is 6.20 Å². The molecule has 1 fully saturated rings. The minimum absolute atomic E-state index is 0.281. The second-order valence-electron chi connectivity index (χ2n) is 3.82. The van der Waals surface area contributed by atoms with Gasteiger partial charge in [-0.1, -0.05) is 11.6 Å². The first-order valence-electron chi connectivity index (χ1n) is 5.31. The molecule has 1 heterocycles. The van der Waals surface area contributed by atoms with Crippen molar-refractivity contribution in [3.8, 4) is 5.88 Å². The lowest BCUT2D eigenvalue weighted by Crippen LogP contribution is -2.12. The smallest absolute Gasteiger partial charge is 0.233 e. The fraction of sp³-hybridized carbons (Fsp3) is 0.545. The van der Waals surface area contributed by atoms with Crippen LogP contribution >= 0.6 is 11.6 Å². The Hall–Kier alpha value is -0.800. The summed E-state index contributed by atoms with van der Waals surface area (Å²) in [5, 5.41) is 0.562. The predicted molar refractivity (Wildman–Crippen MR) is 60.0 cm³/mol. The Morgan fingerprint density at radius 1 is 1.47 bits per heavy atom. The Balaban J connectivity index is 2.13. The zero-order chi connectivity index (χ0) is 10.7. The maximum atomic E-state index is 6.12. The van der Waals surface area contributed by atoms with E-state index in [2.05, 4.69) is 4.98 Å². The first kappa shape index (κ1) is 10.7. The van der Waals surface area contributed by atoms with E-state index in [0.29, 0.717) is 17.4 Å². The van der Waals surface area contributed by atoms with Crippen LogP contribution in [0.3, 0.4) is 0 Å². The van der Waals surface area contributed by atoms with Crippen LogP contribution in [0.1, 0.15) is 31.2 Å². The lowest BCUT2D eigenvalue weighted by Gasteiger charge is -2.14. The van der Waals surface area contributed by atoms with Crippen molar-refractivity contribution in [1.29, 1.82) is 0 Å². The summed E-state index contributed by atoms with van der Waals surface area (Å²) in [4.78, 5) is 4.14. The molecule has 0 spiro atoms. The van der Waals surface area contributed by atoms with Crippen molar-refractivity contribution >= 4 is 11.6 Å². The number of pyridine rings is 1. The molecule has 1 aliphatic carbocycles. The Morgan fingerprint density at radius 3 is 2.87 bits per heavy atom. The summed E-state index contributed by atoms with van der Waals surface area (Å²) >= 11 is 6.12. The first-order valence-corrected chi connectivity index (χ1v) is 5.69. The quantitative estimate of drug-likeness (QED) is 0.862. The monoisotopic (exact) mass is 226 g/mol. The molecule has 2 rings (SSSR count). The molecule has 3 nitrogen and oxygen atoms in total. The second-order valence-corrected chi connectivity index (χ2v) is 4.20. The zero-order valence-electron chi connectivity index (χ0n) is 8.58. The molecular formula is C11H15ClN2O. The number of nitrogens with zero attached hydrogens (tertiary/aromatic N) is 1. The molecule has 1 aromatic rings. The fourth-order valence-electron chi connectivity index (χ4n) is 1.87. The third-order valence-corrected chi connectivity index (χ3v) is 3.14. The van der Waals surface area contributed by atoms with Crippen LogP contribution in [0.5, 0.6) is 5.88 Å². The van der Waals surface area contributed by atoms with Gasteiger partial charge in [0.05, 0.1) is 0 Å². The average molecular weight is 227 g/mol. The molecule has 15 heavy (non-hydrogen) atoms. The van der Waals surface area contributed by atoms with Crippen LogP contribution in [0.15, 0.2) is 12.3 Å². The van der Waals surface area contributed by atoms with Crippen LogP contribution in [0.2, 0.25) is 5.02 Å². The van der Waals surface area contributed by atoms with E-state index >= 15 is 0 Å². The van der Waals surface area contributed by atoms with E-state index in [0.717, 1.165) is 18.4 Å². The summed E-state index contributed by atoms with van der Waals surface area (Å²) in [6.45, 7) is 0.419. The van der Waals surface area contributed by atoms with E-state index in [4.69, 9.17) is 22.1 Å². The third kappa shape index (κ3) is 2.41. The van der Waals surface area contributed by atoms with Crippen molar-refractivity contribution in [3.05, 3.63) is 22.8 Å². The van der Waals surface area contributed by atoms with Crippen LogP contribution in [-0.4, -0.2) is 11.1 Å². The van der Waals surface area contributed by atoms with E-state index in [-0.39, 0.29) is 6.10 Å². The lowest BCUT2D eigenvalue weighted by atomic mass is 10.2. The van der Waals surface area contributed by atoms with Crippen LogP contribution in [0, 0.1) is 0 Å². The lowest BCUT2D eigenvalue weighted by molar-refractivity contribution is 0.201. The van der Waals surface area contributed by atoms with Crippen LogP contribution in [0.25, 0.3) is 0 Å². The van der Waals surface area contributed by atoms with Gasteiger partial charge in [-0.15, -0.1) is 0 Å². The van der Waals surface area contributed by atoms with E-state index in [9.17, 15) is 0 Å². The van der Waals surface area contributed by atoms with Gasteiger partial charge in [-0.25, -0.2) is 4.98 Å². The average Bonchev–Trinajstić information content (AvgIpc) is 2.74. The number of aromatic nitrogens is 1. The van der Waals surface area contributed by atoms with Gasteiger partial charge in [0.15, 0.2) is 0 Å². The van der Waals surface area contributed by atoms with Crippen LogP contribution in [0.4, 0.5) is 0 Å². The largest absolute Gasteiger partial charge is 0.473 e. The highest BCUT2D eigenvalue weighted by Crippen LogP contribution is 2.29. The van der Waals surface area contributed by atoms with Gasteiger partial charge in [0.25, 0.3) is 0 Å². The topological polar surface area (TPSA) is 48.1 Å². The molecule has 0 saturated heterocycles. The summed E-state index contributed by atoms with van der Waals surface area (Å²) in [6, 6.07) is 1.82. The van der Waals surface area contributed by atoms with E-state index in [1.165, 1.54) is 12.8 Å². The molecule has 0 aromatic carbocycles. The Bertz CT molecular complexity index is 337. The molecule has 0 atom stereocenters. The fourth-order valence-corrected chi connectivity index (χ4v) is 2.10. The van der Waals surface area contributed by atoms with E-state index < -0.39 is 0 Å². The van der Waals surface area contributed by atoms with Crippen molar-refractivity contribution in [2.24, 2.45) is 5.73 Å². The number of rotatable bonds is 3. The Kier molecular flexibility index (Phi) is 3.44. The molecule has 4 heteroatoms. The van der Waals surface area contributed by atoms with Crippen molar-refractivity contribution in [2.45, 2.75) is 38.3 Å². The van der Waals surface area contributed by atoms with Crippen LogP contribution < -0.4 is 10.5 Å². The number of ether oxygens (including phenoxy) is 1. The molecule has 0 bridgehead atoms. The highest BCUT2D eigenvalue weighted by atomic mass is 35.5. The molecule has 0 radical (unpaired) electrons. The van der Waals surface area contributed by atoms with E-state index in [1.807, 2.05) is 6.07 Å². The maximum Gasteiger partial charge on any atom is 0.233 e. The molecule has 0 unspecified atom stereocenters. The Labute approximate surface area is 94.6 Å². The third-order valence-electron chi connectivity index (χ3n) is 2.74. The summed E-state index contributed by atoms with van der Waals surface area (Å²) in [5.41, 5.74) is 6.45. The van der Waals surface area contributed by atoms with Gasteiger partial charge in [0.1, 0.15) is 11.1 Å². The molecule has 0 amide bonds. The number of nitrogens with two attached hydrogens (primary N) is 1. The number of hydrogen-bond acceptors (Lipinski definition) is 3. The molecule has 1 aliphatic rings. The number of hydrogen-bond donors (Lipinski definition) is 1. The highest BCUT2D eigenvalue weighted by molar-refractivity contribution is 6.32. The zero-order valence-corrected chi connectivity index (χ0v) is 9.33. The summed E-state index contributed by atoms with van der Waals surface area (Å²) in [5.74, 6) is 0.534. The molecular weight excluding hydrogens is 212 g/mol. The van der Waals surface area contributed by atoms with Crippen molar-refractivity contribution < 1.29 is 4.74 Å². The minimum Gasteiger partial charge on any atom is -0.473 e. The minimum atomic E-state index is 0.281. The summed E-state index contributed by atoms with van der Waals surface area (Å²) in [6.07, 6.45) is 6.65.